The summed E-state index contributed by atoms with van der Waals surface area (Å²) in [4.78, 5) is 37.9. The highest BCUT2D eigenvalue weighted by Gasteiger charge is 2.19. The molecule has 0 heterocycles. The van der Waals surface area contributed by atoms with Crippen molar-refractivity contribution in [2.45, 2.75) is 258 Å². The normalized spacial score (nSPS) is 12.6. The third-order valence-corrected chi connectivity index (χ3v) is 11.2. The minimum Gasteiger partial charge on any atom is -0.462 e. The average Bonchev–Trinajstić information content (AvgIpc) is 3.28. The number of ether oxygens (including phenoxy) is 3. The van der Waals surface area contributed by atoms with Gasteiger partial charge >= 0.3 is 17.9 Å². The number of rotatable bonds is 47. The van der Waals surface area contributed by atoms with Gasteiger partial charge in [0.15, 0.2) is 6.10 Å². The summed E-state index contributed by atoms with van der Waals surface area (Å²) in [6, 6.07) is 0. The summed E-state index contributed by atoms with van der Waals surface area (Å²) in [6.45, 7) is 6.47. The van der Waals surface area contributed by atoms with Crippen molar-refractivity contribution in [3.05, 3.63) is 72.9 Å². The number of unbranched alkanes of at least 4 members (excludes halogenated alkanes) is 24. The van der Waals surface area contributed by atoms with Crippen LogP contribution in [0.15, 0.2) is 72.9 Å². The SMILES string of the molecule is CC/C=C\C/C=C\C/C=C\C/C=C\C/C=C\CCCCCC(=O)OCC(COC(=O)CCCCCCCCCC)OC(=O)CCCCCCCCC/C=C\CCCCCCCCC. The molecule has 0 rings (SSSR count). The van der Waals surface area contributed by atoms with Crippen LogP contribution in [0.3, 0.4) is 0 Å². The molecule has 0 aromatic heterocycles. The van der Waals surface area contributed by atoms with E-state index in [0.717, 1.165) is 96.3 Å². The van der Waals surface area contributed by atoms with Crippen LogP contribution in [0.2, 0.25) is 0 Å². The molecule has 6 nitrogen and oxygen atoms in total. The highest BCUT2D eigenvalue weighted by molar-refractivity contribution is 5.71. The Morgan fingerprint density at radius 3 is 1.00 bits per heavy atom. The fourth-order valence-corrected chi connectivity index (χ4v) is 7.23. The molecule has 0 aromatic rings. The summed E-state index contributed by atoms with van der Waals surface area (Å²) in [6.07, 6.45) is 64.7. The van der Waals surface area contributed by atoms with E-state index in [1.54, 1.807) is 0 Å². The molecule has 0 amide bonds. The van der Waals surface area contributed by atoms with Gasteiger partial charge in [-0.05, 0) is 89.9 Å². The molecular formula is C57H98O6. The molecule has 0 spiro atoms. The second-order valence-corrected chi connectivity index (χ2v) is 17.4. The molecule has 6 heteroatoms. The van der Waals surface area contributed by atoms with Crippen LogP contribution >= 0.6 is 0 Å². The van der Waals surface area contributed by atoms with Crippen molar-refractivity contribution >= 4 is 17.9 Å². The van der Waals surface area contributed by atoms with E-state index in [9.17, 15) is 14.4 Å². The van der Waals surface area contributed by atoms with Gasteiger partial charge in [-0.2, -0.15) is 0 Å². The minimum absolute atomic E-state index is 0.0869. The summed E-state index contributed by atoms with van der Waals surface area (Å²) in [7, 11) is 0. The van der Waals surface area contributed by atoms with Crippen molar-refractivity contribution in [3.8, 4) is 0 Å². The van der Waals surface area contributed by atoms with Gasteiger partial charge < -0.3 is 14.2 Å². The fraction of sp³-hybridized carbons (Fsp3) is 0.737. The van der Waals surface area contributed by atoms with E-state index in [0.29, 0.717) is 19.3 Å². The Balaban J connectivity index is 4.35. The van der Waals surface area contributed by atoms with Crippen molar-refractivity contribution in [2.75, 3.05) is 13.2 Å². The molecule has 0 saturated heterocycles. The molecule has 63 heavy (non-hydrogen) atoms. The van der Waals surface area contributed by atoms with E-state index < -0.39 is 6.10 Å². The van der Waals surface area contributed by atoms with Gasteiger partial charge in [0, 0.05) is 19.3 Å². The van der Waals surface area contributed by atoms with Crippen LogP contribution in [0, 0.1) is 0 Å². The molecular weight excluding hydrogens is 781 g/mol. The number of esters is 3. The van der Waals surface area contributed by atoms with Gasteiger partial charge in [0.1, 0.15) is 13.2 Å². The average molecular weight is 879 g/mol. The van der Waals surface area contributed by atoms with Gasteiger partial charge in [-0.3, -0.25) is 14.4 Å². The molecule has 0 aliphatic rings. The number of hydrogen-bond acceptors (Lipinski definition) is 6. The Morgan fingerprint density at radius 2 is 0.619 bits per heavy atom. The van der Waals surface area contributed by atoms with Crippen LogP contribution in [0.5, 0.6) is 0 Å². The molecule has 1 unspecified atom stereocenters. The maximum atomic E-state index is 12.8. The quantitative estimate of drug-likeness (QED) is 0.0262. The predicted octanol–water partition coefficient (Wildman–Crippen LogP) is 17.4. The summed E-state index contributed by atoms with van der Waals surface area (Å²) >= 11 is 0. The summed E-state index contributed by atoms with van der Waals surface area (Å²) in [5.41, 5.74) is 0. The van der Waals surface area contributed by atoms with Crippen molar-refractivity contribution in [2.24, 2.45) is 0 Å². The van der Waals surface area contributed by atoms with Crippen LogP contribution in [0.25, 0.3) is 0 Å². The van der Waals surface area contributed by atoms with E-state index in [1.807, 2.05) is 0 Å². The molecule has 0 aliphatic carbocycles. The number of allylic oxidation sites excluding steroid dienone is 12. The maximum absolute atomic E-state index is 12.8. The third kappa shape index (κ3) is 49.7. The monoisotopic (exact) mass is 879 g/mol. The Labute approximate surface area is 389 Å². The summed E-state index contributed by atoms with van der Waals surface area (Å²) in [5, 5.41) is 0. The van der Waals surface area contributed by atoms with Gasteiger partial charge in [0.25, 0.3) is 0 Å². The Morgan fingerprint density at radius 1 is 0.333 bits per heavy atom. The number of carbonyl (C=O) groups excluding carboxylic acids is 3. The molecule has 1 atom stereocenters. The molecule has 0 N–H and O–H groups in total. The van der Waals surface area contributed by atoms with Crippen LogP contribution in [-0.2, 0) is 28.6 Å². The number of hydrogen-bond donors (Lipinski definition) is 0. The highest BCUT2D eigenvalue weighted by atomic mass is 16.6. The van der Waals surface area contributed by atoms with Crippen LogP contribution in [0.4, 0.5) is 0 Å². The van der Waals surface area contributed by atoms with Crippen molar-refractivity contribution < 1.29 is 28.6 Å². The van der Waals surface area contributed by atoms with Gasteiger partial charge in [-0.25, -0.2) is 0 Å². The van der Waals surface area contributed by atoms with E-state index in [4.69, 9.17) is 14.2 Å². The van der Waals surface area contributed by atoms with E-state index in [1.165, 1.54) is 116 Å². The molecule has 0 bridgehead atoms. The summed E-state index contributed by atoms with van der Waals surface area (Å²) < 4.78 is 16.7. The zero-order valence-electron chi connectivity index (χ0n) is 41.3. The first-order valence-corrected chi connectivity index (χ1v) is 26.4. The van der Waals surface area contributed by atoms with Crippen LogP contribution in [-0.4, -0.2) is 37.2 Å². The zero-order chi connectivity index (χ0) is 45.8. The smallest absolute Gasteiger partial charge is 0.306 e. The lowest BCUT2D eigenvalue weighted by Crippen LogP contribution is -2.30. The second-order valence-electron chi connectivity index (χ2n) is 17.4. The largest absolute Gasteiger partial charge is 0.462 e. The van der Waals surface area contributed by atoms with Gasteiger partial charge in [0.2, 0.25) is 0 Å². The fourth-order valence-electron chi connectivity index (χ4n) is 7.23. The first-order valence-electron chi connectivity index (χ1n) is 26.4. The Kier molecular flexibility index (Phi) is 48.9. The molecule has 0 aliphatic heterocycles. The lowest BCUT2D eigenvalue weighted by atomic mass is 10.1. The number of carbonyl (C=O) groups is 3. The lowest BCUT2D eigenvalue weighted by Gasteiger charge is -2.18. The molecule has 0 radical (unpaired) electrons. The Hall–Kier alpha value is -3.15. The predicted molar refractivity (Wildman–Crippen MR) is 270 cm³/mol. The van der Waals surface area contributed by atoms with E-state index in [2.05, 4.69) is 93.7 Å². The third-order valence-electron chi connectivity index (χ3n) is 11.2. The molecule has 0 aromatic carbocycles. The standard InChI is InChI=1S/C57H98O6/c1-4-7-10-13-16-19-21-23-25-27-29-31-32-34-36-38-41-44-47-50-56(59)62-53-54(52-61-55(58)49-46-43-40-18-15-12-9-6-3)63-57(60)51-48-45-42-39-37-35-33-30-28-26-24-22-20-17-14-11-8-5-2/h7,10,16,19,23,25-26,28-29,31,34,36,54H,4-6,8-9,11-15,17-18,20-22,24,27,30,32-33,35,37-53H2,1-3H3/b10-7-,19-16-,25-23-,28-26-,31-29-,36-34-. The Bertz CT molecular complexity index is 1190. The molecule has 0 saturated carbocycles. The van der Waals surface area contributed by atoms with Crippen LogP contribution in [0.1, 0.15) is 252 Å². The van der Waals surface area contributed by atoms with E-state index in [-0.39, 0.29) is 31.1 Å². The molecule has 0 fully saturated rings. The lowest BCUT2D eigenvalue weighted by molar-refractivity contribution is -0.167. The first kappa shape index (κ1) is 59.9. The van der Waals surface area contributed by atoms with Crippen molar-refractivity contribution in [1.82, 2.24) is 0 Å². The highest BCUT2D eigenvalue weighted by Crippen LogP contribution is 2.14. The minimum atomic E-state index is -0.788. The second kappa shape index (κ2) is 51.5. The maximum Gasteiger partial charge on any atom is 0.306 e. The van der Waals surface area contributed by atoms with Crippen molar-refractivity contribution in [3.63, 3.8) is 0 Å². The van der Waals surface area contributed by atoms with Gasteiger partial charge in [0.05, 0.1) is 0 Å². The van der Waals surface area contributed by atoms with Gasteiger partial charge in [-0.1, -0.05) is 216 Å². The summed E-state index contributed by atoms with van der Waals surface area (Å²) in [5.74, 6) is -0.926. The zero-order valence-corrected chi connectivity index (χ0v) is 41.3. The van der Waals surface area contributed by atoms with E-state index >= 15 is 0 Å². The van der Waals surface area contributed by atoms with Crippen LogP contribution < -0.4 is 0 Å². The molecule has 362 valence electrons. The van der Waals surface area contributed by atoms with Gasteiger partial charge in [-0.15, -0.1) is 0 Å². The first-order chi connectivity index (χ1) is 31.0. The van der Waals surface area contributed by atoms with Crippen molar-refractivity contribution in [1.29, 1.82) is 0 Å². The topological polar surface area (TPSA) is 78.9 Å².